The third-order valence-corrected chi connectivity index (χ3v) is 6.72. The number of hydrogen-bond acceptors (Lipinski definition) is 4. The van der Waals surface area contributed by atoms with Crippen LogP contribution in [0, 0.1) is 6.92 Å². The van der Waals surface area contributed by atoms with E-state index in [2.05, 4.69) is 0 Å². The highest BCUT2D eigenvalue weighted by atomic mass is 35.5. The molecule has 0 unspecified atom stereocenters. The Balaban J connectivity index is 1.59. The standard InChI is InChI=1S/C26H25Cl2NO4/c1-16-7-4-5-10-20(16)33-25-24(18-8-6-9-19(27)23(18)28)29(26(25)30)14-13-17-11-12-21(31-2)22(15-17)32-3/h4-12,15,24-25H,13-14H2,1-3H3/t24-,25+/m1/s1. The van der Waals surface area contributed by atoms with Crippen molar-refractivity contribution in [2.45, 2.75) is 25.5 Å². The number of amides is 1. The number of benzene rings is 3. The zero-order valence-corrected chi connectivity index (χ0v) is 20.2. The van der Waals surface area contributed by atoms with Crippen molar-refractivity contribution in [3.63, 3.8) is 0 Å². The third-order valence-electron chi connectivity index (χ3n) is 5.89. The van der Waals surface area contributed by atoms with Crippen LogP contribution in [0.1, 0.15) is 22.7 Å². The summed E-state index contributed by atoms with van der Waals surface area (Å²) in [7, 11) is 3.20. The number of nitrogens with zero attached hydrogens (tertiary/aromatic N) is 1. The summed E-state index contributed by atoms with van der Waals surface area (Å²) in [4.78, 5) is 15.0. The minimum absolute atomic E-state index is 0.0835. The first kappa shape index (κ1) is 23.3. The maximum absolute atomic E-state index is 13.2. The molecule has 2 atom stereocenters. The summed E-state index contributed by atoms with van der Waals surface area (Å²) in [5.74, 6) is 1.91. The molecule has 1 aliphatic heterocycles. The van der Waals surface area contributed by atoms with Crippen LogP contribution in [0.25, 0.3) is 0 Å². The highest BCUT2D eigenvalue weighted by Crippen LogP contribution is 2.43. The van der Waals surface area contributed by atoms with Crippen LogP contribution in [0.2, 0.25) is 10.0 Å². The van der Waals surface area contributed by atoms with Gasteiger partial charge in [0, 0.05) is 6.54 Å². The van der Waals surface area contributed by atoms with E-state index in [1.165, 1.54) is 0 Å². The molecule has 7 heteroatoms. The molecule has 1 amide bonds. The van der Waals surface area contributed by atoms with Gasteiger partial charge in [0.2, 0.25) is 6.10 Å². The first-order chi connectivity index (χ1) is 15.9. The molecule has 5 nitrogen and oxygen atoms in total. The highest BCUT2D eigenvalue weighted by molar-refractivity contribution is 6.42. The lowest BCUT2D eigenvalue weighted by Crippen LogP contribution is -2.61. The van der Waals surface area contributed by atoms with Gasteiger partial charge >= 0.3 is 0 Å². The van der Waals surface area contributed by atoms with Crippen molar-refractivity contribution >= 4 is 29.1 Å². The van der Waals surface area contributed by atoms with E-state index in [0.29, 0.717) is 40.3 Å². The van der Waals surface area contributed by atoms with Crippen molar-refractivity contribution < 1.29 is 19.0 Å². The number of carbonyl (C=O) groups excluding carboxylic acids is 1. The Hall–Kier alpha value is -2.89. The SMILES string of the molecule is COc1ccc(CCN2C(=O)[C@@H](Oc3ccccc3C)[C@H]2c2cccc(Cl)c2Cl)cc1OC. The molecule has 1 aliphatic rings. The van der Waals surface area contributed by atoms with Gasteiger partial charge in [0.25, 0.3) is 5.91 Å². The van der Waals surface area contributed by atoms with Crippen molar-refractivity contribution in [2.75, 3.05) is 20.8 Å². The van der Waals surface area contributed by atoms with E-state index in [0.717, 1.165) is 16.7 Å². The number of likely N-dealkylation sites (tertiary alicyclic amines) is 1. The van der Waals surface area contributed by atoms with Gasteiger partial charge in [-0.1, -0.05) is 59.6 Å². The second-order valence-electron chi connectivity index (χ2n) is 7.86. The minimum atomic E-state index is -0.674. The molecule has 1 saturated heterocycles. The third kappa shape index (κ3) is 4.61. The summed E-state index contributed by atoms with van der Waals surface area (Å²) < 4.78 is 16.9. The van der Waals surface area contributed by atoms with Gasteiger partial charge in [-0.15, -0.1) is 0 Å². The smallest absolute Gasteiger partial charge is 0.266 e. The molecular formula is C26H25Cl2NO4. The molecule has 0 bridgehead atoms. The summed E-state index contributed by atoms with van der Waals surface area (Å²) in [6.07, 6.45) is -0.0369. The first-order valence-corrected chi connectivity index (χ1v) is 11.4. The van der Waals surface area contributed by atoms with Crippen LogP contribution < -0.4 is 14.2 Å². The van der Waals surface area contributed by atoms with Crippen molar-refractivity contribution in [2.24, 2.45) is 0 Å². The molecule has 0 aliphatic carbocycles. The minimum Gasteiger partial charge on any atom is -0.493 e. The molecule has 0 N–H and O–H groups in total. The second kappa shape index (κ2) is 9.94. The van der Waals surface area contributed by atoms with Crippen molar-refractivity contribution in [3.8, 4) is 17.2 Å². The number of halogens is 2. The fourth-order valence-corrected chi connectivity index (χ4v) is 4.49. The number of β-lactam (4-membered cyclic amide) rings is 1. The van der Waals surface area contributed by atoms with Crippen molar-refractivity contribution in [1.29, 1.82) is 0 Å². The molecule has 3 aromatic carbocycles. The van der Waals surface area contributed by atoms with Gasteiger partial charge in [-0.05, 0) is 54.3 Å². The topological polar surface area (TPSA) is 48.0 Å². The van der Waals surface area contributed by atoms with Crippen LogP contribution in [-0.2, 0) is 11.2 Å². The predicted octanol–water partition coefficient (Wildman–Crippen LogP) is 5.89. The van der Waals surface area contributed by atoms with E-state index in [1.54, 1.807) is 25.2 Å². The number of hydrogen-bond donors (Lipinski definition) is 0. The molecule has 0 saturated carbocycles. The van der Waals surface area contributed by atoms with E-state index in [4.69, 9.17) is 37.4 Å². The summed E-state index contributed by atoms with van der Waals surface area (Å²) in [6.45, 7) is 2.45. The van der Waals surface area contributed by atoms with Crippen molar-refractivity contribution in [1.82, 2.24) is 4.90 Å². The maximum atomic E-state index is 13.2. The average Bonchev–Trinajstić information content (AvgIpc) is 2.83. The van der Waals surface area contributed by atoms with Crippen LogP contribution in [0.5, 0.6) is 17.2 Å². The Morgan fingerprint density at radius 1 is 0.909 bits per heavy atom. The summed E-state index contributed by atoms with van der Waals surface area (Å²) in [5.41, 5.74) is 2.76. The molecule has 0 radical (unpaired) electrons. The number of aryl methyl sites for hydroxylation is 1. The Morgan fingerprint density at radius 2 is 1.67 bits per heavy atom. The predicted molar refractivity (Wildman–Crippen MR) is 130 cm³/mol. The molecule has 0 aromatic heterocycles. The highest BCUT2D eigenvalue weighted by Gasteiger charge is 2.50. The lowest BCUT2D eigenvalue weighted by molar-refractivity contribution is -0.164. The van der Waals surface area contributed by atoms with E-state index in [-0.39, 0.29) is 11.9 Å². The number of carbonyl (C=O) groups is 1. The Labute approximate surface area is 203 Å². The van der Waals surface area contributed by atoms with Crippen LogP contribution in [-0.4, -0.2) is 37.7 Å². The number of methoxy groups -OCH3 is 2. The largest absolute Gasteiger partial charge is 0.493 e. The van der Waals surface area contributed by atoms with E-state index < -0.39 is 6.10 Å². The molecule has 172 valence electrons. The molecule has 1 fully saturated rings. The second-order valence-corrected chi connectivity index (χ2v) is 8.65. The summed E-state index contributed by atoms with van der Waals surface area (Å²) >= 11 is 12.8. The number of ether oxygens (including phenoxy) is 3. The molecule has 33 heavy (non-hydrogen) atoms. The lowest BCUT2D eigenvalue weighted by atomic mass is 9.89. The van der Waals surface area contributed by atoms with Gasteiger partial charge in [-0.2, -0.15) is 0 Å². The number of rotatable bonds is 8. The molecule has 1 heterocycles. The Kier molecular flexibility index (Phi) is 7.01. The van der Waals surface area contributed by atoms with Gasteiger partial charge in [-0.25, -0.2) is 0 Å². The summed E-state index contributed by atoms with van der Waals surface area (Å²) in [6, 6.07) is 18.5. The van der Waals surface area contributed by atoms with E-state index >= 15 is 0 Å². The number of para-hydroxylation sites is 1. The van der Waals surface area contributed by atoms with Crippen LogP contribution >= 0.6 is 23.2 Å². The maximum Gasteiger partial charge on any atom is 0.266 e. The van der Waals surface area contributed by atoms with Crippen LogP contribution in [0.15, 0.2) is 60.7 Å². The zero-order valence-electron chi connectivity index (χ0n) is 18.7. The lowest BCUT2D eigenvalue weighted by Gasteiger charge is -2.47. The normalized spacial score (nSPS) is 17.5. The van der Waals surface area contributed by atoms with Crippen LogP contribution in [0.3, 0.4) is 0 Å². The monoisotopic (exact) mass is 485 g/mol. The molecule has 4 rings (SSSR count). The van der Waals surface area contributed by atoms with Crippen molar-refractivity contribution in [3.05, 3.63) is 87.4 Å². The Morgan fingerprint density at radius 3 is 2.39 bits per heavy atom. The molecular weight excluding hydrogens is 461 g/mol. The van der Waals surface area contributed by atoms with Gasteiger partial charge in [0.1, 0.15) is 11.8 Å². The average molecular weight is 486 g/mol. The first-order valence-electron chi connectivity index (χ1n) is 10.6. The summed E-state index contributed by atoms with van der Waals surface area (Å²) in [5, 5.41) is 0.883. The quantitative estimate of drug-likeness (QED) is 0.373. The fraction of sp³-hybridized carbons (Fsp3) is 0.269. The zero-order chi connectivity index (χ0) is 23.5. The molecule has 3 aromatic rings. The van der Waals surface area contributed by atoms with E-state index in [1.807, 2.05) is 61.5 Å². The van der Waals surface area contributed by atoms with Gasteiger partial charge < -0.3 is 19.1 Å². The van der Waals surface area contributed by atoms with E-state index in [9.17, 15) is 4.79 Å². The van der Waals surface area contributed by atoms with Crippen LogP contribution in [0.4, 0.5) is 0 Å². The van der Waals surface area contributed by atoms with Gasteiger partial charge in [0.05, 0.1) is 24.3 Å². The fourth-order valence-electron chi connectivity index (χ4n) is 4.07. The van der Waals surface area contributed by atoms with Gasteiger partial charge in [0.15, 0.2) is 11.5 Å². The molecule has 0 spiro atoms. The Bertz CT molecular complexity index is 1170. The van der Waals surface area contributed by atoms with Gasteiger partial charge in [-0.3, -0.25) is 4.79 Å².